The Labute approximate surface area is 144 Å². The van der Waals surface area contributed by atoms with E-state index in [0.29, 0.717) is 30.1 Å². The predicted octanol–water partition coefficient (Wildman–Crippen LogP) is 2.05. The molecule has 0 unspecified atom stereocenters. The minimum absolute atomic E-state index is 0.0717. The molecule has 1 aliphatic rings. The molecular weight excluding hydrogens is 324 g/mol. The minimum Gasteiger partial charge on any atom is -0.467 e. The maximum absolute atomic E-state index is 12.4. The monoisotopic (exact) mass is 342 g/mol. The summed E-state index contributed by atoms with van der Waals surface area (Å²) in [5.74, 6) is -0.456. The summed E-state index contributed by atoms with van der Waals surface area (Å²) in [7, 11) is 1.31. The van der Waals surface area contributed by atoms with Gasteiger partial charge in [0.2, 0.25) is 11.8 Å². The molecule has 1 atom stereocenters. The lowest BCUT2D eigenvalue weighted by Gasteiger charge is -2.15. The molecule has 1 aliphatic heterocycles. The Morgan fingerprint density at radius 2 is 2.04 bits per heavy atom. The van der Waals surface area contributed by atoms with Gasteiger partial charge in [0, 0.05) is 18.7 Å². The Kier molecular flexibility index (Phi) is 4.83. The van der Waals surface area contributed by atoms with Crippen molar-refractivity contribution in [3.63, 3.8) is 0 Å². The van der Waals surface area contributed by atoms with Crippen molar-refractivity contribution >= 4 is 23.5 Å². The SMILES string of the molecule is COC(=O)c1ccc(NC(=O)[C@@H]2CC(=O)N(Cc3ccco3)C2)cc1. The van der Waals surface area contributed by atoms with Crippen LogP contribution < -0.4 is 5.32 Å². The number of furan rings is 1. The first-order chi connectivity index (χ1) is 12.1. The number of hydrogen-bond acceptors (Lipinski definition) is 5. The smallest absolute Gasteiger partial charge is 0.337 e. The summed E-state index contributed by atoms with van der Waals surface area (Å²) in [6.45, 7) is 0.717. The number of carbonyl (C=O) groups excluding carboxylic acids is 3. The fourth-order valence-electron chi connectivity index (χ4n) is 2.74. The van der Waals surface area contributed by atoms with Gasteiger partial charge in [-0.05, 0) is 36.4 Å². The molecule has 130 valence electrons. The van der Waals surface area contributed by atoms with Crippen molar-refractivity contribution in [1.29, 1.82) is 0 Å². The molecule has 7 heteroatoms. The highest BCUT2D eigenvalue weighted by Crippen LogP contribution is 2.22. The van der Waals surface area contributed by atoms with Crippen LogP contribution in [0.3, 0.4) is 0 Å². The van der Waals surface area contributed by atoms with E-state index in [4.69, 9.17) is 4.42 Å². The molecule has 25 heavy (non-hydrogen) atoms. The summed E-state index contributed by atoms with van der Waals surface area (Å²) in [5.41, 5.74) is 0.968. The number of benzene rings is 1. The van der Waals surface area contributed by atoms with Crippen LogP contribution in [0.5, 0.6) is 0 Å². The summed E-state index contributed by atoms with van der Waals surface area (Å²) >= 11 is 0. The lowest BCUT2D eigenvalue weighted by molar-refractivity contribution is -0.128. The second-order valence-electron chi connectivity index (χ2n) is 5.81. The molecule has 2 aromatic rings. The van der Waals surface area contributed by atoms with Gasteiger partial charge in [-0.15, -0.1) is 0 Å². The molecule has 2 amide bonds. The van der Waals surface area contributed by atoms with Crippen molar-refractivity contribution in [3.8, 4) is 0 Å². The van der Waals surface area contributed by atoms with Crippen molar-refractivity contribution in [2.24, 2.45) is 5.92 Å². The largest absolute Gasteiger partial charge is 0.467 e. The second kappa shape index (κ2) is 7.21. The van der Waals surface area contributed by atoms with Gasteiger partial charge in [-0.1, -0.05) is 0 Å². The quantitative estimate of drug-likeness (QED) is 0.840. The van der Waals surface area contributed by atoms with Gasteiger partial charge in [0.15, 0.2) is 0 Å². The van der Waals surface area contributed by atoms with E-state index in [2.05, 4.69) is 10.1 Å². The standard InChI is InChI=1S/C18H18N2O5/c1-24-18(23)12-4-6-14(7-5-12)19-17(22)13-9-16(21)20(10-13)11-15-3-2-8-25-15/h2-8,13H,9-11H2,1H3,(H,19,22)/t13-/m1/s1. The van der Waals surface area contributed by atoms with E-state index in [1.807, 2.05) is 0 Å². The Bertz CT molecular complexity index is 767. The minimum atomic E-state index is -0.437. The van der Waals surface area contributed by atoms with Gasteiger partial charge in [-0.2, -0.15) is 0 Å². The summed E-state index contributed by atoms with van der Waals surface area (Å²) in [4.78, 5) is 37.5. The number of rotatable bonds is 5. The Balaban J connectivity index is 1.58. The van der Waals surface area contributed by atoms with Crippen LogP contribution in [0.15, 0.2) is 47.1 Å². The molecule has 1 saturated heterocycles. The first-order valence-corrected chi connectivity index (χ1v) is 7.86. The zero-order valence-corrected chi connectivity index (χ0v) is 13.7. The van der Waals surface area contributed by atoms with E-state index in [0.717, 1.165) is 0 Å². The summed E-state index contributed by atoms with van der Waals surface area (Å²) in [6.07, 6.45) is 1.73. The number of anilines is 1. The molecular formula is C18H18N2O5. The van der Waals surface area contributed by atoms with Crippen LogP contribution in [0, 0.1) is 5.92 Å². The Morgan fingerprint density at radius 1 is 1.28 bits per heavy atom. The van der Waals surface area contributed by atoms with E-state index >= 15 is 0 Å². The average Bonchev–Trinajstić information content (AvgIpc) is 3.25. The maximum atomic E-state index is 12.4. The molecule has 1 aromatic carbocycles. The third-order valence-corrected chi connectivity index (χ3v) is 4.09. The van der Waals surface area contributed by atoms with E-state index in [9.17, 15) is 14.4 Å². The molecule has 0 radical (unpaired) electrons. The molecule has 1 N–H and O–H groups in total. The lowest BCUT2D eigenvalue weighted by atomic mass is 10.1. The van der Waals surface area contributed by atoms with Crippen molar-refractivity contribution < 1.29 is 23.5 Å². The fraction of sp³-hybridized carbons (Fsp3) is 0.278. The maximum Gasteiger partial charge on any atom is 0.337 e. The topological polar surface area (TPSA) is 88.8 Å². The van der Waals surface area contributed by atoms with Crippen LogP contribution in [-0.4, -0.2) is 36.3 Å². The predicted molar refractivity (Wildman–Crippen MR) is 88.6 cm³/mol. The van der Waals surface area contributed by atoms with Gasteiger partial charge in [0.05, 0.1) is 31.4 Å². The normalized spacial score (nSPS) is 16.8. The van der Waals surface area contributed by atoms with Crippen LogP contribution in [0.1, 0.15) is 22.5 Å². The third kappa shape index (κ3) is 3.88. The molecule has 0 aliphatic carbocycles. The van der Waals surface area contributed by atoms with E-state index in [1.165, 1.54) is 7.11 Å². The molecule has 0 spiro atoms. The number of hydrogen-bond donors (Lipinski definition) is 1. The Hall–Kier alpha value is -3.09. The number of carbonyl (C=O) groups is 3. The first-order valence-electron chi connectivity index (χ1n) is 7.86. The molecule has 7 nitrogen and oxygen atoms in total. The average molecular weight is 342 g/mol. The van der Waals surface area contributed by atoms with Gasteiger partial charge in [-0.25, -0.2) is 4.79 Å². The highest BCUT2D eigenvalue weighted by Gasteiger charge is 2.34. The van der Waals surface area contributed by atoms with Crippen LogP contribution in [0.2, 0.25) is 0 Å². The molecule has 3 rings (SSSR count). The fourth-order valence-corrected chi connectivity index (χ4v) is 2.74. The number of nitrogens with zero attached hydrogens (tertiary/aromatic N) is 1. The molecule has 0 bridgehead atoms. The van der Waals surface area contributed by atoms with Crippen molar-refractivity contribution in [2.45, 2.75) is 13.0 Å². The van der Waals surface area contributed by atoms with Crippen molar-refractivity contribution in [1.82, 2.24) is 4.90 Å². The molecule has 0 saturated carbocycles. The number of amides is 2. The number of methoxy groups -OCH3 is 1. The lowest BCUT2D eigenvalue weighted by Crippen LogP contribution is -2.27. The van der Waals surface area contributed by atoms with Crippen LogP contribution in [-0.2, 0) is 20.9 Å². The van der Waals surface area contributed by atoms with Crippen LogP contribution in [0.25, 0.3) is 0 Å². The number of ether oxygens (including phenoxy) is 1. The zero-order valence-electron chi connectivity index (χ0n) is 13.7. The van der Waals surface area contributed by atoms with E-state index < -0.39 is 11.9 Å². The second-order valence-corrected chi connectivity index (χ2v) is 5.81. The van der Waals surface area contributed by atoms with Gasteiger partial charge < -0.3 is 19.4 Å². The number of likely N-dealkylation sites (tertiary alicyclic amines) is 1. The summed E-state index contributed by atoms with van der Waals surface area (Å²) in [5, 5.41) is 2.77. The first kappa shape index (κ1) is 16.8. The number of esters is 1. The number of nitrogens with one attached hydrogen (secondary N) is 1. The van der Waals surface area contributed by atoms with E-state index in [1.54, 1.807) is 47.6 Å². The summed E-state index contributed by atoms with van der Waals surface area (Å²) < 4.78 is 9.87. The van der Waals surface area contributed by atoms with E-state index in [-0.39, 0.29) is 18.2 Å². The van der Waals surface area contributed by atoms with Crippen molar-refractivity contribution in [2.75, 3.05) is 19.0 Å². The zero-order chi connectivity index (χ0) is 17.8. The van der Waals surface area contributed by atoms with Gasteiger partial charge in [-0.3, -0.25) is 9.59 Å². The highest BCUT2D eigenvalue weighted by molar-refractivity contribution is 5.97. The van der Waals surface area contributed by atoms with Gasteiger partial charge >= 0.3 is 5.97 Å². The molecule has 1 aromatic heterocycles. The molecule has 2 heterocycles. The third-order valence-electron chi connectivity index (χ3n) is 4.09. The van der Waals surface area contributed by atoms with Gasteiger partial charge in [0.1, 0.15) is 5.76 Å². The summed E-state index contributed by atoms with van der Waals surface area (Å²) in [6, 6.07) is 9.96. The van der Waals surface area contributed by atoms with Crippen LogP contribution >= 0.6 is 0 Å². The highest BCUT2D eigenvalue weighted by atomic mass is 16.5. The van der Waals surface area contributed by atoms with Gasteiger partial charge in [0.25, 0.3) is 0 Å². The Morgan fingerprint density at radius 3 is 2.68 bits per heavy atom. The molecule has 1 fully saturated rings. The van der Waals surface area contributed by atoms with Crippen LogP contribution in [0.4, 0.5) is 5.69 Å². The van der Waals surface area contributed by atoms with Crippen molar-refractivity contribution in [3.05, 3.63) is 54.0 Å².